The molecule has 2 aromatic carbocycles. The van der Waals surface area contributed by atoms with Gasteiger partial charge in [-0.3, -0.25) is 4.79 Å². The van der Waals surface area contributed by atoms with Crippen molar-refractivity contribution in [2.45, 2.75) is 26.8 Å². The monoisotopic (exact) mass is 369 g/mol. The van der Waals surface area contributed by atoms with Gasteiger partial charge in [0.15, 0.2) is 5.82 Å². The highest BCUT2D eigenvalue weighted by Crippen LogP contribution is 2.27. The van der Waals surface area contributed by atoms with Crippen molar-refractivity contribution in [3.63, 3.8) is 0 Å². The maximum absolute atomic E-state index is 14.5. The Balaban J connectivity index is 2.14. The molecule has 27 heavy (non-hydrogen) atoms. The second-order valence-electron chi connectivity index (χ2n) is 6.45. The Morgan fingerprint density at radius 2 is 2.04 bits per heavy atom. The van der Waals surface area contributed by atoms with Crippen molar-refractivity contribution in [1.29, 1.82) is 0 Å². The standard InChI is InChI=1S/C19H20FN5O2/c1-11-4-5-17(18(20)6-11)14-7-15(19(27)21-12(2)10-26)9-16(8-14)25-13(3)22-23-24-25/h4-9,12,26H,10H2,1-3H3,(H,21,27)/t12-/m0/s1. The van der Waals surface area contributed by atoms with Crippen molar-refractivity contribution < 1.29 is 14.3 Å². The number of aliphatic hydroxyl groups is 1. The van der Waals surface area contributed by atoms with Crippen LogP contribution in [-0.2, 0) is 0 Å². The molecule has 0 saturated carbocycles. The number of amides is 1. The number of aryl methyl sites for hydroxylation is 2. The molecule has 0 fully saturated rings. The molecule has 1 atom stereocenters. The lowest BCUT2D eigenvalue weighted by Crippen LogP contribution is -2.35. The summed E-state index contributed by atoms with van der Waals surface area (Å²) in [5, 5.41) is 23.3. The average Bonchev–Trinajstić information content (AvgIpc) is 3.07. The summed E-state index contributed by atoms with van der Waals surface area (Å²) in [6, 6.07) is 9.47. The highest BCUT2D eigenvalue weighted by atomic mass is 19.1. The third-order valence-electron chi connectivity index (χ3n) is 4.14. The molecule has 1 amide bonds. The molecule has 3 aromatic rings. The third kappa shape index (κ3) is 4.01. The molecule has 7 nitrogen and oxygen atoms in total. The van der Waals surface area contributed by atoms with Crippen LogP contribution in [0.4, 0.5) is 4.39 Å². The third-order valence-corrected chi connectivity index (χ3v) is 4.14. The first-order valence-corrected chi connectivity index (χ1v) is 8.47. The zero-order valence-electron chi connectivity index (χ0n) is 15.3. The summed E-state index contributed by atoms with van der Waals surface area (Å²) in [6.07, 6.45) is 0. The van der Waals surface area contributed by atoms with Crippen LogP contribution >= 0.6 is 0 Å². The zero-order chi connectivity index (χ0) is 19.6. The molecule has 0 aliphatic carbocycles. The van der Waals surface area contributed by atoms with Gasteiger partial charge in [-0.15, -0.1) is 5.10 Å². The van der Waals surface area contributed by atoms with E-state index in [0.717, 1.165) is 5.56 Å². The summed E-state index contributed by atoms with van der Waals surface area (Å²) >= 11 is 0. The molecule has 0 aliphatic heterocycles. The van der Waals surface area contributed by atoms with Crippen molar-refractivity contribution in [3.8, 4) is 16.8 Å². The lowest BCUT2D eigenvalue weighted by molar-refractivity contribution is 0.0922. The number of tetrazole rings is 1. The van der Waals surface area contributed by atoms with Gasteiger partial charge in [0.05, 0.1) is 12.3 Å². The van der Waals surface area contributed by atoms with Crippen molar-refractivity contribution in [2.75, 3.05) is 6.61 Å². The summed E-state index contributed by atoms with van der Waals surface area (Å²) < 4.78 is 16.0. The number of benzene rings is 2. The lowest BCUT2D eigenvalue weighted by atomic mass is 10.00. The number of halogens is 1. The summed E-state index contributed by atoms with van der Waals surface area (Å²) in [4.78, 5) is 12.6. The molecule has 8 heteroatoms. The van der Waals surface area contributed by atoms with Gasteiger partial charge in [-0.2, -0.15) is 4.68 Å². The second kappa shape index (κ2) is 7.63. The van der Waals surface area contributed by atoms with Crippen molar-refractivity contribution in [3.05, 3.63) is 59.2 Å². The van der Waals surface area contributed by atoms with Crippen LogP contribution in [0.2, 0.25) is 0 Å². The fraction of sp³-hybridized carbons (Fsp3) is 0.263. The number of hydrogen-bond donors (Lipinski definition) is 2. The summed E-state index contributed by atoms with van der Waals surface area (Å²) in [5.74, 6) is -0.222. The van der Waals surface area contributed by atoms with Crippen LogP contribution in [0.15, 0.2) is 36.4 Å². The van der Waals surface area contributed by atoms with Crippen LogP contribution in [0.5, 0.6) is 0 Å². The van der Waals surface area contributed by atoms with E-state index in [4.69, 9.17) is 0 Å². The number of hydrogen-bond acceptors (Lipinski definition) is 5. The highest BCUT2D eigenvalue weighted by molar-refractivity contribution is 5.96. The maximum Gasteiger partial charge on any atom is 0.251 e. The Bertz CT molecular complexity index is 986. The van der Waals surface area contributed by atoms with Crippen LogP contribution in [0.3, 0.4) is 0 Å². The molecule has 0 saturated heterocycles. The molecule has 0 unspecified atom stereocenters. The van der Waals surface area contributed by atoms with E-state index in [0.29, 0.717) is 28.2 Å². The number of rotatable bonds is 5. The largest absolute Gasteiger partial charge is 0.394 e. The minimum Gasteiger partial charge on any atom is -0.394 e. The van der Waals surface area contributed by atoms with Gasteiger partial charge in [-0.25, -0.2) is 4.39 Å². The summed E-state index contributed by atoms with van der Waals surface area (Å²) in [5.41, 5.74) is 2.56. The minimum absolute atomic E-state index is 0.184. The van der Waals surface area contributed by atoms with E-state index in [1.54, 1.807) is 44.2 Å². The van der Waals surface area contributed by atoms with Gasteiger partial charge in [0.2, 0.25) is 0 Å². The van der Waals surface area contributed by atoms with E-state index in [-0.39, 0.29) is 18.3 Å². The summed E-state index contributed by atoms with van der Waals surface area (Å²) in [6.45, 7) is 5.04. The van der Waals surface area contributed by atoms with Crippen molar-refractivity contribution in [2.24, 2.45) is 0 Å². The van der Waals surface area contributed by atoms with E-state index in [1.165, 1.54) is 10.7 Å². The predicted octanol–water partition coefficient (Wildman–Crippen LogP) is 2.20. The minimum atomic E-state index is -0.407. The van der Waals surface area contributed by atoms with Crippen molar-refractivity contribution in [1.82, 2.24) is 25.5 Å². The first-order valence-electron chi connectivity index (χ1n) is 8.47. The molecule has 140 valence electrons. The van der Waals surface area contributed by atoms with Gasteiger partial charge in [-0.1, -0.05) is 12.1 Å². The van der Waals surface area contributed by atoms with Crippen LogP contribution in [-0.4, -0.2) is 43.9 Å². The van der Waals surface area contributed by atoms with E-state index in [9.17, 15) is 14.3 Å². The number of nitrogens with zero attached hydrogens (tertiary/aromatic N) is 4. The number of nitrogens with one attached hydrogen (secondary N) is 1. The molecular weight excluding hydrogens is 349 g/mol. The molecule has 0 aliphatic rings. The van der Waals surface area contributed by atoms with Gasteiger partial charge >= 0.3 is 0 Å². The van der Waals surface area contributed by atoms with Crippen molar-refractivity contribution >= 4 is 5.91 Å². The van der Waals surface area contributed by atoms with Gasteiger partial charge in [-0.05, 0) is 66.6 Å². The van der Waals surface area contributed by atoms with Crippen LogP contribution in [0, 0.1) is 19.7 Å². The number of carbonyl (C=O) groups is 1. The van der Waals surface area contributed by atoms with E-state index in [2.05, 4.69) is 20.8 Å². The van der Waals surface area contributed by atoms with Gasteiger partial charge in [0, 0.05) is 17.2 Å². The van der Waals surface area contributed by atoms with Gasteiger partial charge < -0.3 is 10.4 Å². The first-order chi connectivity index (χ1) is 12.9. The Hall–Kier alpha value is -3.13. The van der Waals surface area contributed by atoms with E-state index < -0.39 is 6.04 Å². The topological polar surface area (TPSA) is 92.9 Å². The number of aromatic nitrogens is 4. The predicted molar refractivity (Wildman–Crippen MR) is 98.0 cm³/mol. The molecule has 0 radical (unpaired) electrons. The average molecular weight is 369 g/mol. The SMILES string of the molecule is Cc1ccc(-c2cc(C(=O)N[C@@H](C)CO)cc(-n3nnnc3C)c2)c(F)c1. The first kappa shape index (κ1) is 18.7. The molecule has 0 bridgehead atoms. The number of aliphatic hydroxyl groups excluding tert-OH is 1. The smallest absolute Gasteiger partial charge is 0.251 e. The Labute approximate surface area is 155 Å². The molecule has 3 rings (SSSR count). The Morgan fingerprint density at radius 1 is 1.26 bits per heavy atom. The fourth-order valence-electron chi connectivity index (χ4n) is 2.70. The van der Waals surface area contributed by atoms with Crippen LogP contribution in [0.1, 0.15) is 28.7 Å². The molecule has 2 N–H and O–H groups in total. The molecular formula is C19H20FN5O2. The second-order valence-corrected chi connectivity index (χ2v) is 6.45. The normalized spacial score (nSPS) is 12.0. The maximum atomic E-state index is 14.5. The van der Waals surface area contributed by atoms with Gasteiger partial charge in [0.1, 0.15) is 5.82 Å². The van der Waals surface area contributed by atoms with Gasteiger partial charge in [0.25, 0.3) is 5.91 Å². The van der Waals surface area contributed by atoms with Crippen LogP contribution < -0.4 is 5.32 Å². The quantitative estimate of drug-likeness (QED) is 0.719. The Morgan fingerprint density at radius 3 is 2.67 bits per heavy atom. The summed E-state index contributed by atoms with van der Waals surface area (Å²) in [7, 11) is 0. The molecule has 1 heterocycles. The molecule has 0 spiro atoms. The molecule has 1 aromatic heterocycles. The highest BCUT2D eigenvalue weighted by Gasteiger charge is 2.16. The van der Waals surface area contributed by atoms with E-state index >= 15 is 0 Å². The lowest BCUT2D eigenvalue weighted by Gasteiger charge is -2.14. The Kier molecular flexibility index (Phi) is 5.27. The zero-order valence-corrected chi connectivity index (χ0v) is 15.3. The van der Waals surface area contributed by atoms with E-state index in [1.807, 2.05) is 6.92 Å². The van der Waals surface area contributed by atoms with Crippen LogP contribution in [0.25, 0.3) is 16.8 Å². The fourth-order valence-corrected chi connectivity index (χ4v) is 2.70. The number of carbonyl (C=O) groups excluding carboxylic acids is 1.